The van der Waals surface area contributed by atoms with E-state index in [0.29, 0.717) is 0 Å². The Bertz CT molecular complexity index is 639. The van der Waals surface area contributed by atoms with Crippen LogP contribution in [0.15, 0.2) is 35.4 Å². The van der Waals surface area contributed by atoms with Crippen LogP contribution in [0.4, 0.5) is 0 Å². The first-order chi connectivity index (χ1) is 9.56. The molecule has 0 fully saturated rings. The predicted octanol–water partition coefficient (Wildman–Crippen LogP) is 4.25. The monoisotopic (exact) mass is 268 g/mol. The number of fused-ring (bicyclic) bond motifs is 1. The molecular formula is C18H24N2. The van der Waals surface area contributed by atoms with E-state index in [0.717, 1.165) is 18.6 Å². The Morgan fingerprint density at radius 3 is 2.40 bits per heavy atom. The second kappa shape index (κ2) is 6.08. The molecule has 0 aliphatic carbocycles. The summed E-state index contributed by atoms with van der Waals surface area (Å²) in [6.07, 6.45) is 2.10. The molecule has 0 unspecified atom stereocenters. The van der Waals surface area contributed by atoms with Crippen molar-refractivity contribution >= 4 is 16.5 Å². The fraction of sp³-hybridized carbons (Fsp3) is 0.389. The van der Waals surface area contributed by atoms with Crippen LogP contribution in [0.1, 0.15) is 37.5 Å². The topological polar surface area (TPSA) is 15.6 Å². The quantitative estimate of drug-likeness (QED) is 0.598. The third-order valence-electron chi connectivity index (χ3n) is 3.67. The third-order valence-corrected chi connectivity index (χ3v) is 3.67. The van der Waals surface area contributed by atoms with Crippen LogP contribution < -0.4 is 0 Å². The Morgan fingerprint density at radius 2 is 1.80 bits per heavy atom. The second-order valence-electron chi connectivity index (χ2n) is 5.39. The summed E-state index contributed by atoms with van der Waals surface area (Å²) in [6, 6.07) is 11.2. The molecule has 0 radical (unpaired) electrons. The van der Waals surface area contributed by atoms with E-state index in [9.17, 15) is 0 Å². The number of hydrogen-bond donors (Lipinski definition) is 0. The highest BCUT2D eigenvalue weighted by molar-refractivity contribution is 6.11. The van der Waals surface area contributed by atoms with Crippen LogP contribution in [0.2, 0.25) is 0 Å². The van der Waals surface area contributed by atoms with Gasteiger partial charge >= 0.3 is 0 Å². The van der Waals surface area contributed by atoms with Crippen molar-refractivity contribution in [1.29, 1.82) is 0 Å². The smallest absolute Gasteiger partial charge is 0.0655 e. The van der Waals surface area contributed by atoms with Gasteiger partial charge in [-0.3, -0.25) is 0 Å². The summed E-state index contributed by atoms with van der Waals surface area (Å²) in [4.78, 5) is 0. The van der Waals surface area contributed by atoms with Gasteiger partial charge in [-0.2, -0.15) is 5.10 Å². The van der Waals surface area contributed by atoms with Crippen LogP contribution in [-0.2, 0) is 12.8 Å². The molecule has 0 aromatic heterocycles. The van der Waals surface area contributed by atoms with Gasteiger partial charge < -0.3 is 5.01 Å². The third kappa shape index (κ3) is 2.84. The van der Waals surface area contributed by atoms with Crippen LogP contribution in [0, 0.1) is 0 Å². The minimum atomic E-state index is 1.03. The van der Waals surface area contributed by atoms with E-state index in [1.54, 1.807) is 0 Å². The Morgan fingerprint density at radius 1 is 1.05 bits per heavy atom. The van der Waals surface area contributed by atoms with Crippen LogP contribution in [0.25, 0.3) is 10.8 Å². The SMILES string of the molecule is CCc1ccc2c(/C(C)=N/N(C)C)c(CC)ccc2c1. The molecule has 2 nitrogen and oxygen atoms in total. The number of hydrogen-bond acceptors (Lipinski definition) is 2. The number of benzene rings is 2. The maximum atomic E-state index is 4.60. The highest BCUT2D eigenvalue weighted by atomic mass is 15.4. The van der Waals surface area contributed by atoms with E-state index < -0.39 is 0 Å². The Labute approximate surface area is 122 Å². The van der Waals surface area contributed by atoms with Crippen LogP contribution in [0.3, 0.4) is 0 Å². The minimum absolute atomic E-state index is 1.03. The number of aryl methyl sites for hydroxylation is 2. The zero-order valence-electron chi connectivity index (χ0n) is 13.2. The van der Waals surface area contributed by atoms with Gasteiger partial charge in [-0.15, -0.1) is 0 Å². The molecule has 0 bridgehead atoms. The van der Waals surface area contributed by atoms with Gasteiger partial charge in [0.25, 0.3) is 0 Å². The molecule has 0 saturated heterocycles. The molecule has 20 heavy (non-hydrogen) atoms. The van der Waals surface area contributed by atoms with Crippen molar-refractivity contribution in [2.24, 2.45) is 5.10 Å². The predicted molar refractivity (Wildman–Crippen MR) is 88.6 cm³/mol. The fourth-order valence-corrected chi connectivity index (χ4v) is 2.72. The van der Waals surface area contributed by atoms with Gasteiger partial charge in [-0.05, 0) is 41.7 Å². The highest BCUT2D eigenvalue weighted by Gasteiger charge is 2.10. The fourth-order valence-electron chi connectivity index (χ4n) is 2.72. The van der Waals surface area contributed by atoms with Crippen molar-refractivity contribution < 1.29 is 0 Å². The van der Waals surface area contributed by atoms with Gasteiger partial charge in [0.2, 0.25) is 0 Å². The standard InChI is InChI=1S/C18H24N2/c1-6-14-8-11-17-16(12-14)10-9-15(7-2)18(17)13(3)19-20(4)5/h8-12H,6-7H2,1-5H3/b19-13+. The molecule has 0 heterocycles. The normalized spacial score (nSPS) is 11.9. The largest absolute Gasteiger partial charge is 0.303 e. The van der Waals surface area contributed by atoms with Gasteiger partial charge in [0.15, 0.2) is 0 Å². The van der Waals surface area contributed by atoms with Crippen molar-refractivity contribution in [3.05, 3.63) is 47.0 Å². The van der Waals surface area contributed by atoms with Crippen LogP contribution >= 0.6 is 0 Å². The molecule has 0 N–H and O–H groups in total. The summed E-state index contributed by atoms with van der Waals surface area (Å²) in [5, 5.41) is 9.09. The van der Waals surface area contributed by atoms with Crippen molar-refractivity contribution in [2.45, 2.75) is 33.6 Å². The number of hydrazone groups is 1. The molecule has 2 aromatic carbocycles. The summed E-state index contributed by atoms with van der Waals surface area (Å²) in [5.74, 6) is 0. The van der Waals surface area contributed by atoms with E-state index >= 15 is 0 Å². The average Bonchev–Trinajstić information content (AvgIpc) is 2.44. The number of nitrogens with zero attached hydrogens (tertiary/aromatic N) is 2. The van der Waals surface area contributed by atoms with Crippen LogP contribution in [-0.4, -0.2) is 24.8 Å². The lowest BCUT2D eigenvalue weighted by Crippen LogP contribution is -2.09. The van der Waals surface area contributed by atoms with E-state index in [-0.39, 0.29) is 0 Å². The Balaban J connectivity index is 2.71. The molecule has 0 saturated carbocycles. The maximum Gasteiger partial charge on any atom is 0.0655 e. The van der Waals surface area contributed by atoms with E-state index in [1.165, 1.54) is 27.5 Å². The highest BCUT2D eigenvalue weighted by Crippen LogP contribution is 2.25. The molecule has 2 aromatic rings. The first-order valence-corrected chi connectivity index (χ1v) is 7.34. The summed E-state index contributed by atoms with van der Waals surface area (Å²) in [5.41, 5.74) is 5.13. The zero-order chi connectivity index (χ0) is 14.7. The minimum Gasteiger partial charge on any atom is -0.303 e. The van der Waals surface area contributed by atoms with E-state index in [4.69, 9.17) is 0 Å². The molecule has 0 atom stereocenters. The maximum absolute atomic E-state index is 4.60. The van der Waals surface area contributed by atoms with E-state index in [2.05, 4.69) is 56.2 Å². The molecule has 2 rings (SSSR count). The van der Waals surface area contributed by atoms with Gasteiger partial charge in [-0.25, -0.2) is 0 Å². The zero-order valence-corrected chi connectivity index (χ0v) is 13.2. The Hall–Kier alpha value is -1.83. The molecule has 106 valence electrons. The van der Waals surface area contributed by atoms with Crippen molar-refractivity contribution in [1.82, 2.24) is 5.01 Å². The summed E-state index contributed by atoms with van der Waals surface area (Å²) in [6.45, 7) is 6.50. The van der Waals surface area contributed by atoms with Gasteiger partial charge in [0.05, 0.1) is 5.71 Å². The van der Waals surface area contributed by atoms with Crippen molar-refractivity contribution in [2.75, 3.05) is 14.1 Å². The lowest BCUT2D eigenvalue weighted by Gasteiger charge is -2.14. The molecule has 0 aliphatic heterocycles. The number of rotatable bonds is 4. The molecule has 0 amide bonds. The Kier molecular flexibility index (Phi) is 4.43. The average molecular weight is 268 g/mol. The van der Waals surface area contributed by atoms with Crippen LogP contribution in [0.5, 0.6) is 0 Å². The van der Waals surface area contributed by atoms with E-state index in [1.807, 2.05) is 19.1 Å². The van der Waals surface area contributed by atoms with Gasteiger partial charge in [0, 0.05) is 19.7 Å². The lowest BCUT2D eigenvalue weighted by atomic mass is 9.93. The molecule has 0 spiro atoms. The molecule has 2 heteroatoms. The summed E-state index contributed by atoms with van der Waals surface area (Å²) in [7, 11) is 3.94. The first kappa shape index (κ1) is 14.6. The van der Waals surface area contributed by atoms with Gasteiger partial charge in [0.1, 0.15) is 0 Å². The van der Waals surface area contributed by atoms with Crippen molar-refractivity contribution in [3.63, 3.8) is 0 Å². The van der Waals surface area contributed by atoms with Crippen molar-refractivity contribution in [3.8, 4) is 0 Å². The first-order valence-electron chi connectivity index (χ1n) is 7.34. The molecular weight excluding hydrogens is 244 g/mol. The lowest BCUT2D eigenvalue weighted by molar-refractivity contribution is 0.438. The van der Waals surface area contributed by atoms with Gasteiger partial charge in [-0.1, -0.05) is 44.2 Å². The summed E-state index contributed by atoms with van der Waals surface area (Å²) >= 11 is 0. The summed E-state index contributed by atoms with van der Waals surface area (Å²) < 4.78 is 0. The second-order valence-corrected chi connectivity index (χ2v) is 5.39. The molecule has 0 aliphatic rings.